The third kappa shape index (κ3) is 4.03. The average molecular weight is 392 g/mol. The molecule has 5 nitrogen and oxygen atoms in total. The number of alkyl halides is 4. The van der Waals surface area contributed by atoms with Crippen molar-refractivity contribution in [1.29, 1.82) is 0 Å². The number of imidazole rings is 1. The van der Waals surface area contributed by atoms with E-state index >= 15 is 0 Å². The highest BCUT2D eigenvalue weighted by Gasteiger charge is 2.37. The van der Waals surface area contributed by atoms with Gasteiger partial charge in [0, 0.05) is 25.6 Å². The van der Waals surface area contributed by atoms with Crippen molar-refractivity contribution < 1.29 is 22.4 Å². The normalized spacial score (nSPS) is 12.6. The minimum Gasteiger partial charge on any atom is -0.337 e. The van der Waals surface area contributed by atoms with Crippen molar-refractivity contribution in [2.75, 3.05) is 0 Å². The molecule has 2 aromatic heterocycles. The van der Waals surface area contributed by atoms with Gasteiger partial charge in [-0.25, -0.2) is 9.37 Å². The molecule has 9 heteroatoms. The van der Waals surface area contributed by atoms with Crippen LogP contribution in [0.15, 0.2) is 55.0 Å². The summed E-state index contributed by atoms with van der Waals surface area (Å²) in [7, 11) is 1.59. The molecule has 3 aromatic rings. The average Bonchev–Trinajstić information content (AvgIpc) is 3.11. The summed E-state index contributed by atoms with van der Waals surface area (Å²) in [5.74, 6) is -0.624. The standard InChI is InChI=1S/C19H16F4N4O/c1-27-10-9-25-17(27)18(28)26-15(13-6-4-12(11-20)5-7-13)16-14(19(21,22)23)3-2-8-24-16/h2-10,15H,11H2,1H3,(H,26,28)/t15-/m0/s1. The summed E-state index contributed by atoms with van der Waals surface area (Å²) >= 11 is 0. The number of rotatable bonds is 5. The lowest BCUT2D eigenvalue weighted by molar-refractivity contribution is -0.138. The van der Waals surface area contributed by atoms with E-state index in [1.165, 1.54) is 47.3 Å². The fraction of sp³-hybridized carbons (Fsp3) is 0.211. The Kier molecular flexibility index (Phi) is 5.43. The lowest BCUT2D eigenvalue weighted by Crippen LogP contribution is -2.33. The van der Waals surface area contributed by atoms with Crippen LogP contribution in [0.25, 0.3) is 0 Å². The first-order chi connectivity index (χ1) is 13.3. The van der Waals surface area contributed by atoms with E-state index in [1.807, 2.05) is 0 Å². The Balaban J connectivity index is 2.07. The number of carbonyl (C=O) groups is 1. The molecular formula is C19H16F4N4O. The van der Waals surface area contributed by atoms with Gasteiger partial charge in [-0.1, -0.05) is 24.3 Å². The van der Waals surface area contributed by atoms with Gasteiger partial charge in [-0.15, -0.1) is 0 Å². The molecule has 0 saturated carbocycles. The Morgan fingerprint density at radius 1 is 1.14 bits per heavy atom. The summed E-state index contributed by atoms with van der Waals surface area (Å²) in [6, 6.07) is 6.71. The van der Waals surface area contributed by atoms with Crippen LogP contribution < -0.4 is 5.32 Å². The van der Waals surface area contributed by atoms with E-state index in [4.69, 9.17) is 0 Å². The molecule has 0 saturated heterocycles. The molecule has 1 N–H and O–H groups in total. The van der Waals surface area contributed by atoms with E-state index < -0.39 is 30.4 Å². The first-order valence-corrected chi connectivity index (χ1v) is 8.26. The molecule has 0 spiro atoms. The summed E-state index contributed by atoms with van der Waals surface area (Å²) in [6.07, 6.45) is -0.487. The second kappa shape index (κ2) is 7.79. The van der Waals surface area contributed by atoms with E-state index in [0.717, 1.165) is 6.07 Å². The molecular weight excluding hydrogens is 376 g/mol. The van der Waals surface area contributed by atoms with Crippen molar-refractivity contribution in [2.45, 2.75) is 18.9 Å². The molecule has 0 bridgehead atoms. The van der Waals surface area contributed by atoms with Crippen molar-refractivity contribution in [3.8, 4) is 0 Å². The zero-order valence-electron chi connectivity index (χ0n) is 14.7. The van der Waals surface area contributed by atoms with Gasteiger partial charge in [-0.3, -0.25) is 9.78 Å². The SMILES string of the molecule is Cn1ccnc1C(=O)N[C@@H](c1ccc(CF)cc1)c1ncccc1C(F)(F)F. The first kappa shape index (κ1) is 19.5. The molecule has 0 unspecified atom stereocenters. The van der Waals surface area contributed by atoms with E-state index in [9.17, 15) is 22.4 Å². The topological polar surface area (TPSA) is 59.8 Å². The number of aromatic nitrogens is 3. The van der Waals surface area contributed by atoms with Crippen LogP contribution in [0, 0.1) is 0 Å². The van der Waals surface area contributed by atoms with Crippen molar-refractivity contribution in [1.82, 2.24) is 19.9 Å². The molecule has 0 fully saturated rings. The Labute approximate surface area is 158 Å². The fourth-order valence-corrected chi connectivity index (χ4v) is 2.78. The van der Waals surface area contributed by atoms with Gasteiger partial charge in [0.15, 0.2) is 5.82 Å². The third-order valence-corrected chi connectivity index (χ3v) is 4.18. The zero-order valence-corrected chi connectivity index (χ0v) is 14.7. The third-order valence-electron chi connectivity index (χ3n) is 4.18. The van der Waals surface area contributed by atoms with Crippen LogP contribution >= 0.6 is 0 Å². The monoisotopic (exact) mass is 392 g/mol. The maximum absolute atomic E-state index is 13.5. The zero-order chi connectivity index (χ0) is 20.3. The number of pyridine rings is 1. The summed E-state index contributed by atoms with van der Waals surface area (Å²) in [6.45, 7) is -0.706. The highest BCUT2D eigenvalue weighted by molar-refractivity contribution is 5.91. The summed E-state index contributed by atoms with van der Waals surface area (Å²) < 4.78 is 54.7. The van der Waals surface area contributed by atoms with Crippen molar-refractivity contribution >= 4 is 5.91 Å². The van der Waals surface area contributed by atoms with Gasteiger partial charge in [0.1, 0.15) is 6.67 Å². The number of nitrogens with one attached hydrogen (secondary N) is 1. The largest absolute Gasteiger partial charge is 0.418 e. The van der Waals surface area contributed by atoms with Crippen LogP contribution in [0.1, 0.15) is 39.0 Å². The number of nitrogens with zero attached hydrogens (tertiary/aromatic N) is 3. The van der Waals surface area contributed by atoms with Crippen LogP contribution in [0.5, 0.6) is 0 Å². The van der Waals surface area contributed by atoms with E-state index in [-0.39, 0.29) is 11.5 Å². The van der Waals surface area contributed by atoms with Crippen LogP contribution in [0.2, 0.25) is 0 Å². The Bertz CT molecular complexity index is 967. The van der Waals surface area contributed by atoms with Gasteiger partial charge in [0.05, 0.1) is 17.3 Å². The van der Waals surface area contributed by atoms with Gasteiger partial charge >= 0.3 is 6.18 Å². The Hall–Kier alpha value is -3.23. The number of hydrogen-bond acceptors (Lipinski definition) is 3. The highest BCUT2D eigenvalue weighted by Crippen LogP contribution is 2.35. The van der Waals surface area contributed by atoms with Gasteiger partial charge in [0.25, 0.3) is 5.91 Å². The molecule has 0 aliphatic heterocycles. The number of aryl methyl sites for hydroxylation is 1. The maximum Gasteiger partial charge on any atom is 0.418 e. The predicted molar refractivity (Wildman–Crippen MR) is 93.0 cm³/mol. The quantitative estimate of drug-likeness (QED) is 0.672. The van der Waals surface area contributed by atoms with Crippen LogP contribution in [-0.4, -0.2) is 20.4 Å². The van der Waals surface area contributed by atoms with E-state index in [0.29, 0.717) is 11.1 Å². The van der Waals surface area contributed by atoms with Gasteiger partial charge in [-0.2, -0.15) is 13.2 Å². The number of carbonyl (C=O) groups excluding carboxylic acids is 1. The lowest BCUT2D eigenvalue weighted by Gasteiger charge is -2.22. The summed E-state index contributed by atoms with van der Waals surface area (Å²) in [4.78, 5) is 20.4. The molecule has 28 heavy (non-hydrogen) atoms. The molecule has 3 rings (SSSR count). The molecule has 0 aliphatic rings. The van der Waals surface area contributed by atoms with Crippen molar-refractivity contribution in [3.05, 3.63) is 83.2 Å². The number of amides is 1. The Morgan fingerprint density at radius 2 is 1.86 bits per heavy atom. The minimum absolute atomic E-state index is 0.0369. The minimum atomic E-state index is -4.66. The number of halogens is 4. The summed E-state index contributed by atoms with van der Waals surface area (Å²) in [5.41, 5.74) is -0.612. The van der Waals surface area contributed by atoms with Crippen LogP contribution in [-0.2, 0) is 19.9 Å². The van der Waals surface area contributed by atoms with Gasteiger partial charge in [-0.05, 0) is 23.3 Å². The molecule has 146 valence electrons. The maximum atomic E-state index is 13.5. The van der Waals surface area contributed by atoms with E-state index in [1.54, 1.807) is 13.2 Å². The first-order valence-electron chi connectivity index (χ1n) is 8.26. The molecule has 1 amide bonds. The fourth-order valence-electron chi connectivity index (χ4n) is 2.78. The van der Waals surface area contributed by atoms with Crippen LogP contribution in [0.4, 0.5) is 17.6 Å². The smallest absolute Gasteiger partial charge is 0.337 e. The van der Waals surface area contributed by atoms with Crippen LogP contribution in [0.3, 0.4) is 0 Å². The number of hydrogen-bond donors (Lipinski definition) is 1. The predicted octanol–water partition coefficient (Wildman–Crippen LogP) is 3.82. The van der Waals surface area contributed by atoms with Crippen molar-refractivity contribution in [3.63, 3.8) is 0 Å². The molecule has 1 aromatic carbocycles. The van der Waals surface area contributed by atoms with Gasteiger partial charge < -0.3 is 9.88 Å². The molecule has 2 heterocycles. The number of benzene rings is 1. The second-order valence-electron chi connectivity index (χ2n) is 6.08. The Morgan fingerprint density at radius 3 is 2.43 bits per heavy atom. The molecule has 1 atom stereocenters. The lowest BCUT2D eigenvalue weighted by atomic mass is 9.98. The van der Waals surface area contributed by atoms with Crippen molar-refractivity contribution in [2.24, 2.45) is 7.05 Å². The highest BCUT2D eigenvalue weighted by atomic mass is 19.4. The summed E-state index contributed by atoms with van der Waals surface area (Å²) in [5, 5.41) is 2.56. The molecule has 0 aliphatic carbocycles. The van der Waals surface area contributed by atoms with E-state index in [2.05, 4.69) is 15.3 Å². The molecule has 0 radical (unpaired) electrons. The van der Waals surface area contributed by atoms with Gasteiger partial charge in [0.2, 0.25) is 0 Å². The second-order valence-corrected chi connectivity index (χ2v) is 6.08.